The van der Waals surface area contributed by atoms with Crippen molar-refractivity contribution >= 4 is 21.6 Å². The molecule has 0 heterocycles. The predicted molar refractivity (Wildman–Crippen MR) is 69.2 cm³/mol. The molecule has 84 valence electrons. The number of hydrogen-bond acceptors (Lipinski definition) is 2. The fraction of sp³-hybridized carbons (Fsp3) is 0.462. The maximum absolute atomic E-state index is 9.35. The molecule has 1 aromatic rings. The van der Waals surface area contributed by atoms with Crippen LogP contribution in [0.5, 0.6) is 0 Å². The van der Waals surface area contributed by atoms with Crippen LogP contribution in [0.4, 0.5) is 5.69 Å². The van der Waals surface area contributed by atoms with Gasteiger partial charge in [0.15, 0.2) is 0 Å². The number of hydrogen-bond donors (Lipinski definition) is 1. The molecule has 3 heteroatoms. The molecule has 0 amide bonds. The highest BCUT2D eigenvalue weighted by molar-refractivity contribution is 9.10. The zero-order chi connectivity index (χ0) is 11.4. The SMILES string of the molecule is N#CC1(Nc2cccc(Br)c2)CCCCC1. The van der Waals surface area contributed by atoms with Gasteiger partial charge in [-0.3, -0.25) is 0 Å². The van der Waals surface area contributed by atoms with Crippen molar-refractivity contribution in [2.24, 2.45) is 0 Å². The molecule has 0 radical (unpaired) electrons. The molecule has 0 atom stereocenters. The maximum Gasteiger partial charge on any atom is 0.125 e. The number of halogens is 1. The smallest absolute Gasteiger partial charge is 0.125 e. The normalized spacial score (nSPS) is 18.8. The third-order valence-electron chi connectivity index (χ3n) is 3.13. The molecule has 2 rings (SSSR count). The molecule has 1 aliphatic carbocycles. The topological polar surface area (TPSA) is 35.8 Å². The number of nitriles is 1. The Morgan fingerprint density at radius 3 is 2.62 bits per heavy atom. The van der Waals surface area contributed by atoms with Crippen molar-refractivity contribution in [1.29, 1.82) is 5.26 Å². The van der Waals surface area contributed by atoms with Crippen molar-refractivity contribution in [3.63, 3.8) is 0 Å². The lowest BCUT2D eigenvalue weighted by molar-refractivity contribution is 0.392. The second-order valence-corrected chi connectivity index (χ2v) is 5.31. The highest BCUT2D eigenvalue weighted by atomic mass is 79.9. The minimum atomic E-state index is -0.348. The number of benzene rings is 1. The monoisotopic (exact) mass is 278 g/mol. The average Bonchev–Trinajstić information content (AvgIpc) is 2.30. The molecule has 0 aromatic heterocycles. The van der Waals surface area contributed by atoms with Crippen LogP contribution in [-0.4, -0.2) is 5.54 Å². The minimum absolute atomic E-state index is 0.348. The first-order valence-corrected chi connectivity index (χ1v) is 6.48. The maximum atomic E-state index is 9.35. The molecule has 0 bridgehead atoms. The summed E-state index contributed by atoms with van der Waals surface area (Å²) in [5.74, 6) is 0. The van der Waals surface area contributed by atoms with E-state index in [1.165, 1.54) is 6.42 Å². The van der Waals surface area contributed by atoms with Crippen molar-refractivity contribution < 1.29 is 0 Å². The molecule has 0 saturated heterocycles. The minimum Gasteiger partial charge on any atom is -0.367 e. The molecule has 1 N–H and O–H groups in total. The van der Waals surface area contributed by atoms with Crippen molar-refractivity contribution in [1.82, 2.24) is 0 Å². The quantitative estimate of drug-likeness (QED) is 0.885. The molecule has 1 saturated carbocycles. The van der Waals surface area contributed by atoms with E-state index in [2.05, 4.69) is 27.3 Å². The predicted octanol–water partition coefficient (Wildman–Crippen LogP) is 4.09. The summed E-state index contributed by atoms with van der Waals surface area (Å²) in [6.07, 6.45) is 5.46. The number of nitrogens with zero attached hydrogens (tertiary/aromatic N) is 1. The van der Waals surface area contributed by atoms with E-state index >= 15 is 0 Å². The summed E-state index contributed by atoms with van der Waals surface area (Å²) in [5, 5.41) is 12.7. The molecule has 0 aliphatic heterocycles. The van der Waals surface area contributed by atoms with Crippen LogP contribution in [0.1, 0.15) is 32.1 Å². The molecular formula is C13H15BrN2. The van der Waals surface area contributed by atoms with Crippen LogP contribution in [0, 0.1) is 11.3 Å². The van der Waals surface area contributed by atoms with Crippen LogP contribution >= 0.6 is 15.9 Å². The van der Waals surface area contributed by atoms with E-state index in [1.807, 2.05) is 24.3 Å². The third-order valence-corrected chi connectivity index (χ3v) is 3.62. The van der Waals surface area contributed by atoms with Gasteiger partial charge in [0.25, 0.3) is 0 Å². The summed E-state index contributed by atoms with van der Waals surface area (Å²) in [6.45, 7) is 0. The average molecular weight is 279 g/mol. The van der Waals surface area contributed by atoms with Crippen LogP contribution in [0.3, 0.4) is 0 Å². The van der Waals surface area contributed by atoms with E-state index in [9.17, 15) is 5.26 Å². The Hall–Kier alpha value is -1.01. The number of nitrogens with one attached hydrogen (secondary N) is 1. The van der Waals surface area contributed by atoms with Gasteiger partial charge < -0.3 is 5.32 Å². The fourth-order valence-electron chi connectivity index (χ4n) is 2.26. The van der Waals surface area contributed by atoms with E-state index in [4.69, 9.17) is 0 Å². The lowest BCUT2D eigenvalue weighted by Crippen LogP contribution is -2.38. The Balaban J connectivity index is 2.15. The molecule has 1 aromatic carbocycles. The van der Waals surface area contributed by atoms with Crippen molar-refractivity contribution in [3.05, 3.63) is 28.7 Å². The zero-order valence-corrected chi connectivity index (χ0v) is 10.8. The van der Waals surface area contributed by atoms with E-state index in [0.29, 0.717) is 0 Å². The second kappa shape index (κ2) is 4.88. The first-order chi connectivity index (χ1) is 7.74. The first-order valence-electron chi connectivity index (χ1n) is 5.69. The molecule has 2 nitrogen and oxygen atoms in total. The van der Waals surface area contributed by atoms with Gasteiger partial charge in [0.1, 0.15) is 5.54 Å². The standard InChI is InChI=1S/C13H15BrN2/c14-11-5-4-6-12(9-11)16-13(10-15)7-2-1-3-8-13/h4-6,9,16H,1-3,7-8H2. The lowest BCUT2D eigenvalue weighted by Gasteiger charge is -2.32. The molecular weight excluding hydrogens is 264 g/mol. The highest BCUT2D eigenvalue weighted by Gasteiger charge is 2.31. The largest absolute Gasteiger partial charge is 0.367 e. The van der Waals surface area contributed by atoms with Crippen LogP contribution in [0.25, 0.3) is 0 Å². The summed E-state index contributed by atoms with van der Waals surface area (Å²) in [7, 11) is 0. The van der Waals surface area contributed by atoms with E-state index in [1.54, 1.807) is 0 Å². The van der Waals surface area contributed by atoms with Crippen LogP contribution in [-0.2, 0) is 0 Å². The van der Waals surface area contributed by atoms with Crippen LogP contribution in [0.2, 0.25) is 0 Å². The van der Waals surface area contributed by atoms with Crippen molar-refractivity contribution in [3.8, 4) is 6.07 Å². The highest BCUT2D eigenvalue weighted by Crippen LogP contribution is 2.31. The Bertz CT molecular complexity index is 403. The summed E-state index contributed by atoms with van der Waals surface area (Å²) in [6, 6.07) is 10.5. The molecule has 1 fully saturated rings. The van der Waals surface area contributed by atoms with Gasteiger partial charge in [0.05, 0.1) is 6.07 Å². The zero-order valence-electron chi connectivity index (χ0n) is 9.17. The third kappa shape index (κ3) is 2.56. The van der Waals surface area contributed by atoms with Gasteiger partial charge in [-0.25, -0.2) is 0 Å². The summed E-state index contributed by atoms with van der Waals surface area (Å²) >= 11 is 3.44. The number of rotatable bonds is 2. The van der Waals surface area contributed by atoms with Gasteiger partial charge in [-0.2, -0.15) is 5.26 Å². The van der Waals surface area contributed by atoms with Gasteiger partial charge in [-0.05, 0) is 31.0 Å². The van der Waals surface area contributed by atoms with Crippen LogP contribution in [0.15, 0.2) is 28.7 Å². The van der Waals surface area contributed by atoms with Gasteiger partial charge in [-0.15, -0.1) is 0 Å². The lowest BCUT2D eigenvalue weighted by atomic mass is 9.82. The van der Waals surface area contributed by atoms with Gasteiger partial charge >= 0.3 is 0 Å². The van der Waals surface area contributed by atoms with Gasteiger partial charge in [-0.1, -0.05) is 41.3 Å². The summed E-state index contributed by atoms with van der Waals surface area (Å²) < 4.78 is 1.04. The second-order valence-electron chi connectivity index (χ2n) is 4.39. The van der Waals surface area contributed by atoms with Gasteiger partial charge in [0.2, 0.25) is 0 Å². The fourth-order valence-corrected chi connectivity index (χ4v) is 2.66. The molecule has 0 spiro atoms. The summed E-state index contributed by atoms with van der Waals surface area (Å²) in [4.78, 5) is 0. The van der Waals surface area contributed by atoms with Crippen molar-refractivity contribution in [2.45, 2.75) is 37.6 Å². The first kappa shape index (κ1) is 11.5. The molecule has 0 unspecified atom stereocenters. The molecule has 16 heavy (non-hydrogen) atoms. The van der Waals surface area contributed by atoms with E-state index < -0.39 is 0 Å². The van der Waals surface area contributed by atoms with E-state index in [0.717, 1.165) is 35.8 Å². The molecule has 1 aliphatic rings. The Kier molecular flexibility index (Phi) is 3.50. The van der Waals surface area contributed by atoms with Crippen molar-refractivity contribution in [2.75, 3.05) is 5.32 Å². The Morgan fingerprint density at radius 1 is 1.25 bits per heavy atom. The Morgan fingerprint density at radius 2 is 2.00 bits per heavy atom. The van der Waals surface area contributed by atoms with Gasteiger partial charge in [0, 0.05) is 10.2 Å². The van der Waals surface area contributed by atoms with E-state index in [-0.39, 0.29) is 5.54 Å². The van der Waals surface area contributed by atoms with Crippen LogP contribution < -0.4 is 5.32 Å². The Labute approximate surface area is 105 Å². The summed E-state index contributed by atoms with van der Waals surface area (Å²) in [5.41, 5.74) is 0.678. The number of anilines is 1.